The Labute approximate surface area is 175 Å². The lowest BCUT2D eigenvalue weighted by molar-refractivity contribution is -0.137. The molecule has 0 N–H and O–H groups in total. The van der Waals surface area contributed by atoms with Crippen LogP contribution in [0.5, 0.6) is 0 Å². The molecule has 0 aliphatic carbocycles. The topological polar surface area (TPSA) is 69.3 Å². The average Bonchev–Trinajstić information content (AvgIpc) is 3.14. The number of hydrogen-bond donors (Lipinski definition) is 0. The summed E-state index contributed by atoms with van der Waals surface area (Å²) in [6.45, 7) is 1.42. The third-order valence-corrected chi connectivity index (χ3v) is 6.27. The van der Waals surface area contributed by atoms with E-state index in [9.17, 15) is 21.6 Å². The molecule has 3 aromatic heterocycles. The minimum Gasteiger partial charge on any atom is -0.326 e. The predicted octanol–water partition coefficient (Wildman–Crippen LogP) is 4.64. The van der Waals surface area contributed by atoms with Crippen LogP contribution in [-0.2, 0) is 23.1 Å². The number of aromatic nitrogens is 4. The van der Waals surface area contributed by atoms with Crippen molar-refractivity contribution in [2.45, 2.75) is 18.1 Å². The van der Waals surface area contributed by atoms with Gasteiger partial charge in [0.05, 0.1) is 26.6 Å². The lowest BCUT2D eigenvalue weighted by Gasteiger charge is -2.09. The second kappa shape index (κ2) is 7.30. The number of hydrogen-bond acceptors (Lipinski definition) is 4. The Morgan fingerprint density at radius 3 is 2.54 bits per heavy atom. The van der Waals surface area contributed by atoms with Gasteiger partial charge in [0.15, 0.2) is 20.7 Å². The maximum atomic E-state index is 13.1. The number of rotatable bonds is 4. The summed E-state index contributed by atoms with van der Waals surface area (Å²) in [4.78, 5) is 8.49. The van der Waals surface area contributed by atoms with E-state index in [4.69, 9.17) is 0 Å². The molecule has 0 aromatic carbocycles. The molecule has 0 saturated carbocycles. The largest absolute Gasteiger partial charge is 0.417 e. The van der Waals surface area contributed by atoms with Gasteiger partial charge < -0.3 is 4.57 Å². The smallest absolute Gasteiger partial charge is 0.326 e. The summed E-state index contributed by atoms with van der Waals surface area (Å²) in [7, 11) is -2.25. The summed E-state index contributed by atoms with van der Waals surface area (Å²) in [6.07, 6.45) is -0.671. The summed E-state index contributed by atoms with van der Waals surface area (Å²) < 4.78 is 68.0. The number of imidazole rings is 2. The average molecular weight is 542 g/mol. The van der Waals surface area contributed by atoms with Gasteiger partial charge in [-0.05, 0) is 50.1 Å². The van der Waals surface area contributed by atoms with Crippen LogP contribution in [0.1, 0.15) is 18.2 Å². The lowest BCUT2D eigenvalue weighted by atomic mass is 10.3. The second-order valence-corrected chi connectivity index (χ2v) is 10.8. The van der Waals surface area contributed by atoms with E-state index in [2.05, 4.69) is 41.8 Å². The molecule has 0 radical (unpaired) electrons. The molecule has 0 aliphatic rings. The molecule has 3 aromatic rings. The highest BCUT2D eigenvalue weighted by molar-refractivity contribution is 9.28. The highest BCUT2D eigenvalue weighted by atomic mass is 79.9. The van der Waals surface area contributed by atoms with Gasteiger partial charge in [-0.15, -0.1) is 0 Å². The molecule has 28 heavy (non-hydrogen) atoms. The van der Waals surface area contributed by atoms with Crippen molar-refractivity contribution in [3.05, 3.63) is 39.2 Å². The Hall–Kier alpha value is -1.66. The number of sulfone groups is 1. The SMILES string of the molecule is CCS(=O)(=O)c1c(-c2ncc(C=C(Br)Br)n2C)nc2ccc(C(F)(F)F)cn12. The van der Waals surface area contributed by atoms with Crippen molar-refractivity contribution in [1.29, 1.82) is 0 Å². The van der Waals surface area contributed by atoms with Crippen molar-refractivity contribution in [2.75, 3.05) is 5.75 Å². The van der Waals surface area contributed by atoms with E-state index in [1.807, 2.05) is 0 Å². The first-order valence-electron chi connectivity index (χ1n) is 7.82. The fraction of sp³-hybridized carbons (Fsp3) is 0.250. The normalized spacial score (nSPS) is 12.5. The molecule has 0 fully saturated rings. The molecule has 0 amide bonds. The monoisotopic (exact) mass is 540 g/mol. The van der Waals surface area contributed by atoms with E-state index in [1.54, 1.807) is 17.7 Å². The zero-order valence-electron chi connectivity index (χ0n) is 14.5. The van der Waals surface area contributed by atoms with E-state index in [-0.39, 0.29) is 27.9 Å². The first-order chi connectivity index (χ1) is 13.0. The Kier molecular flexibility index (Phi) is 5.49. The van der Waals surface area contributed by atoms with Crippen molar-refractivity contribution in [3.63, 3.8) is 0 Å². The zero-order chi connectivity index (χ0) is 20.9. The van der Waals surface area contributed by atoms with Crippen LogP contribution in [0.25, 0.3) is 23.2 Å². The Morgan fingerprint density at radius 1 is 1.29 bits per heavy atom. The molecule has 3 rings (SSSR count). The van der Waals surface area contributed by atoms with Gasteiger partial charge in [0.1, 0.15) is 11.3 Å². The van der Waals surface area contributed by atoms with Crippen LogP contribution in [0.4, 0.5) is 13.2 Å². The highest BCUT2D eigenvalue weighted by Crippen LogP contribution is 2.33. The molecule has 12 heteroatoms. The van der Waals surface area contributed by atoms with Gasteiger partial charge in [-0.25, -0.2) is 18.4 Å². The van der Waals surface area contributed by atoms with E-state index in [0.717, 1.165) is 22.7 Å². The first-order valence-corrected chi connectivity index (χ1v) is 11.1. The van der Waals surface area contributed by atoms with E-state index in [0.29, 0.717) is 9.09 Å². The standard InChI is InChI=1S/C16H13Br2F3N4O2S/c1-3-28(26,27)15-13(14-22-7-10(24(14)2)6-11(17)18)23-12-5-4-9(8-25(12)15)16(19,20)21/h4-8H,3H2,1-2H3. The number of alkyl halides is 3. The van der Waals surface area contributed by atoms with Crippen LogP contribution in [-0.4, -0.2) is 33.1 Å². The van der Waals surface area contributed by atoms with Crippen LogP contribution in [0, 0.1) is 0 Å². The molecule has 150 valence electrons. The zero-order valence-corrected chi connectivity index (χ0v) is 18.5. The molecule has 0 aliphatic heterocycles. The van der Waals surface area contributed by atoms with Gasteiger partial charge >= 0.3 is 6.18 Å². The Bertz CT molecular complexity index is 1190. The lowest BCUT2D eigenvalue weighted by Crippen LogP contribution is -2.12. The fourth-order valence-electron chi connectivity index (χ4n) is 2.66. The van der Waals surface area contributed by atoms with E-state index >= 15 is 0 Å². The van der Waals surface area contributed by atoms with Crippen molar-refractivity contribution in [1.82, 2.24) is 18.9 Å². The number of fused-ring (bicyclic) bond motifs is 1. The Morgan fingerprint density at radius 2 is 1.96 bits per heavy atom. The highest BCUT2D eigenvalue weighted by Gasteiger charge is 2.33. The number of halogens is 5. The van der Waals surface area contributed by atoms with Crippen molar-refractivity contribution < 1.29 is 21.6 Å². The molecular formula is C16H13Br2F3N4O2S. The first kappa shape index (κ1) is 21.1. The predicted molar refractivity (Wildman–Crippen MR) is 106 cm³/mol. The van der Waals surface area contributed by atoms with Gasteiger partial charge in [0.25, 0.3) is 0 Å². The van der Waals surface area contributed by atoms with Crippen LogP contribution in [0.3, 0.4) is 0 Å². The second-order valence-electron chi connectivity index (χ2n) is 5.81. The molecule has 0 saturated heterocycles. The number of pyridine rings is 1. The van der Waals surface area contributed by atoms with Gasteiger partial charge in [-0.1, -0.05) is 6.92 Å². The van der Waals surface area contributed by atoms with Gasteiger partial charge in [0, 0.05) is 13.2 Å². The third kappa shape index (κ3) is 3.77. The summed E-state index contributed by atoms with van der Waals surface area (Å²) >= 11 is 6.47. The summed E-state index contributed by atoms with van der Waals surface area (Å²) in [5.74, 6) is -0.0782. The summed E-state index contributed by atoms with van der Waals surface area (Å²) in [5.41, 5.74) is -0.263. The summed E-state index contributed by atoms with van der Waals surface area (Å²) in [6, 6.07) is 2.00. The molecule has 0 spiro atoms. The molecule has 0 unspecified atom stereocenters. The molecule has 0 bridgehead atoms. The minimum absolute atomic E-state index is 0.00554. The van der Waals surface area contributed by atoms with E-state index in [1.165, 1.54) is 13.1 Å². The fourth-order valence-corrected chi connectivity index (χ4v) is 4.28. The van der Waals surface area contributed by atoms with Crippen molar-refractivity contribution >= 4 is 53.4 Å². The van der Waals surface area contributed by atoms with Gasteiger partial charge in [-0.2, -0.15) is 13.2 Å². The Balaban J connectivity index is 2.37. The molecule has 3 heterocycles. The van der Waals surface area contributed by atoms with E-state index < -0.39 is 21.6 Å². The maximum absolute atomic E-state index is 13.1. The third-order valence-electron chi connectivity index (χ3n) is 4.07. The van der Waals surface area contributed by atoms with Crippen LogP contribution >= 0.6 is 31.9 Å². The molecular weight excluding hydrogens is 529 g/mol. The quantitative estimate of drug-likeness (QED) is 0.482. The van der Waals surface area contributed by atoms with Crippen LogP contribution in [0.15, 0.2) is 32.9 Å². The van der Waals surface area contributed by atoms with Gasteiger partial charge in [0.2, 0.25) is 0 Å². The molecule has 6 nitrogen and oxygen atoms in total. The maximum Gasteiger partial charge on any atom is 0.417 e. The van der Waals surface area contributed by atoms with Crippen molar-refractivity contribution in [2.24, 2.45) is 7.05 Å². The van der Waals surface area contributed by atoms with Crippen molar-refractivity contribution in [3.8, 4) is 11.5 Å². The van der Waals surface area contributed by atoms with Crippen LogP contribution < -0.4 is 0 Å². The van der Waals surface area contributed by atoms with Gasteiger partial charge in [-0.3, -0.25) is 4.40 Å². The summed E-state index contributed by atoms with van der Waals surface area (Å²) in [5, 5.41) is -0.321. The molecule has 0 atom stereocenters. The number of nitrogens with zero attached hydrogens (tertiary/aromatic N) is 4. The minimum atomic E-state index is -4.62. The van der Waals surface area contributed by atoms with Crippen LogP contribution in [0.2, 0.25) is 0 Å².